The highest BCUT2D eigenvalue weighted by Crippen LogP contribution is 2.42. The minimum atomic E-state index is -0.864. The van der Waals surface area contributed by atoms with Crippen LogP contribution in [0, 0.1) is 10.1 Å². The summed E-state index contributed by atoms with van der Waals surface area (Å²) in [6, 6.07) is 29.1. The van der Waals surface area contributed by atoms with E-state index >= 15 is 0 Å². The summed E-state index contributed by atoms with van der Waals surface area (Å²) in [5.41, 5.74) is 2.06. The maximum Gasteiger partial charge on any atom is 0.287 e. The van der Waals surface area contributed by atoms with Crippen molar-refractivity contribution in [3.05, 3.63) is 124 Å². The molecule has 4 rings (SSSR count). The van der Waals surface area contributed by atoms with Crippen molar-refractivity contribution < 1.29 is 19.1 Å². The van der Waals surface area contributed by atoms with Gasteiger partial charge >= 0.3 is 0 Å². The summed E-state index contributed by atoms with van der Waals surface area (Å²) < 4.78 is 17.6. The Bertz CT molecular complexity index is 1240. The summed E-state index contributed by atoms with van der Waals surface area (Å²) in [6.07, 6.45) is 1.27. The van der Waals surface area contributed by atoms with E-state index in [1.165, 1.54) is 23.1 Å². The fourth-order valence-electron chi connectivity index (χ4n) is 3.93. The number of hydrogen-bond acceptors (Lipinski definition) is 8. The van der Waals surface area contributed by atoms with E-state index in [2.05, 4.69) is 17.1 Å². The Morgan fingerprint density at radius 3 is 1.86 bits per heavy atom. The number of rotatable bonds is 12. The van der Waals surface area contributed by atoms with Gasteiger partial charge in [-0.1, -0.05) is 65.4 Å². The van der Waals surface area contributed by atoms with E-state index in [1.807, 2.05) is 66.7 Å². The smallest absolute Gasteiger partial charge is 0.287 e. The monoisotopic (exact) mass is 534 g/mol. The average molecular weight is 535 g/mol. The van der Waals surface area contributed by atoms with Gasteiger partial charge < -0.3 is 14.2 Å². The van der Waals surface area contributed by atoms with Crippen LogP contribution >= 0.6 is 21.6 Å². The van der Waals surface area contributed by atoms with Crippen LogP contribution in [0.2, 0.25) is 0 Å². The Kier molecular flexibility index (Phi) is 9.05. The minimum absolute atomic E-state index is 0.0238. The van der Waals surface area contributed by atoms with E-state index in [0.29, 0.717) is 17.4 Å². The standard InChI is InChI=1S/C28H26N2O5S2/c1-33-25-13-8-22(9-14-25)28(21-6-4-3-5-7-21,23-10-15-26(34-2)16-11-23)35-18-19-36-37-27-17-12-24(20-29-27)30(31)32/h3-17,20H,18-19H2,1-2H3. The number of hydrogen-bond donors (Lipinski definition) is 0. The third kappa shape index (κ3) is 6.25. The molecular weight excluding hydrogens is 508 g/mol. The number of nitrogens with zero attached hydrogens (tertiary/aromatic N) is 2. The van der Waals surface area contributed by atoms with Gasteiger partial charge in [0, 0.05) is 11.8 Å². The van der Waals surface area contributed by atoms with Gasteiger partial charge in [-0.25, -0.2) is 4.98 Å². The van der Waals surface area contributed by atoms with Crippen molar-refractivity contribution in [2.45, 2.75) is 10.6 Å². The molecule has 0 saturated heterocycles. The van der Waals surface area contributed by atoms with Crippen LogP contribution in [-0.2, 0) is 10.3 Å². The first-order valence-corrected chi connectivity index (χ1v) is 13.8. The molecule has 190 valence electrons. The molecule has 4 aromatic rings. The van der Waals surface area contributed by atoms with Crippen LogP contribution in [0.4, 0.5) is 5.69 Å². The first kappa shape index (κ1) is 26.5. The number of aromatic nitrogens is 1. The Balaban J connectivity index is 1.60. The maximum absolute atomic E-state index is 10.9. The Morgan fingerprint density at radius 2 is 1.38 bits per heavy atom. The van der Waals surface area contributed by atoms with Crippen LogP contribution in [0.5, 0.6) is 11.5 Å². The highest BCUT2D eigenvalue weighted by molar-refractivity contribution is 8.76. The Morgan fingerprint density at radius 1 is 0.811 bits per heavy atom. The van der Waals surface area contributed by atoms with Crippen molar-refractivity contribution in [3.8, 4) is 11.5 Å². The molecule has 0 spiro atoms. The van der Waals surface area contributed by atoms with Crippen molar-refractivity contribution in [1.29, 1.82) is 0 Å². The first-order chi connectivity index (χ1) is 18.1. The minimum Gasteiger partial charge on any atom is -0.497 e. The second-order valence-electron chi connectivity index (χ2n) is 7.87. The van der Waals surface area contributed by atoms with Crippen LogP contribution < -0.4 is 9.47 Å². The van der Waals surface area contributed by atoms with Crippen molar-refractivity contribution >= 4 is 27.3 Å². The summed E-state index contributed by atoms with van der Waals surface area (Å²) >= 11 is 0. The third-order valence-electron chi connectivity index (χ3n) is 5.73. The molecule has 0 radical (unpaired) electrons. The fourth-order valence-corrected chi connectivity index (χ4v) is 5.62. The number of benzene rings is 3. The third-order valence-corrected chi connectivity index (χ3v) is 7.96. The molecule has 3 aromatic carbocycles. The van der Waals surface area contributed by atoms with E-state index in [-0.39, 0.29) is 5.69 Å². The van der Waals surface area contributed by atoms with E-state index in [0.717, 1.165) is 28.2 Å². The highest BCUT2D eigenvalue weighted by Gasteiger charge is 2.37. The molecule has 0 saturated carbocycles. The van der Waals surface area contributed by atoms with Crippen molar-refractivity contribution in [3.63, 3.8) is 0 Å². The summed E-state index contributed by atoms with van der Waals surface area (Å²) in [7, 11) is 6.33. The summed E-state index contributed by atoms with van der Waals surface area (Å²) in [6.45, 7) is 0.442. The molecule has 37 heavy (non-hydrogen) atoms. The summed E-state index contributed by atoms with van der Waals surface area (Å²) in [5, 5.41) is 11.6. The quantitative estimate of drug-likeness (QED) is 0.0648. The van der Waals surface area contributed by atoms with E-state index in [9.17, 15) is 10.1 Å². The zero-order valence-electron chi connectivity index (χ0n) is 20.4. The maximum atomic E-state index is 10.9. The van der Waals surface area contributed by atoms with Gasteiger partial charge in [-0.05, 0) is 57.8 Å². The van der Waals surface area contributed by atoms with Crippen LogP contribution in [0.3, 0.4) is 0 Å². The largest absolute Gasteiger partial charge is 0.497 e. The average Bonchev–Trinajstić information content (AvgIpc) is 2.96. The molecule has 0 N–H and O–H groups in total. The summed E-state index contributed by atoms with van der Waals surface area (Å²) in [5.74, 6) is 2.20. The second-order valence-corrected chi connectivity index (χ2v) is 10.3. The molecule has 9 heteroatoms. The molecule has 0 bridgehead atoms. The van der Waals surface area contributed by atoms with Gasteiger partial charge in [0.1, 0.15) is 28.3 Å². The molecule has 0 fully saturated rings. The molecule has 0 amide bonds. The molecule has 0 aliphatic carbocycles. The van der Waals surface area contributed by atoms with Gasteiger partial charge in [-0.15, -0.1) is 0 Å². The van der Waals surface area contributed by atoms with Gasteiger partial charge in [0.25, 0.3) is 5.69 Å². The highest BCUT2D eigenvalue weighted by atomic mass is 33.1. The van der Waals surface area contributed by atoms with Crippen LogP contribution in [0.25, 0.3) is 0 Å². The fraction of sp³-hybridized carbons (Fsp3) is 0.179. The normalized spacial score (nSPS) is 11.2. The molecule has 0 unspecified atom stereocenters. The van der Waals surface area contributed by atoms with Gasteiger partial charge in [0.05, 0.1) is 25.7 Å². The lowest BCUT2D eigenvalue weighted by Gasteiger charge is -2.36. The second kappa shape index (κ2) is 12.6. The molecule has 0 aliphatic heterocycles. The van der Waals surface area contributed by atoms with Crippen LogP contribution in [-0.4, -0.2) is 36.5 Å². The van der Waals surface area contributed by atoms with Crippen LogP contribution in [0.1, 0.15) is 16.7 Å². The lowest BCUT2D eigenvalue weighted by atomic mass is 9.80. The van der Waals surface area contributed by atoms with E-state index in [1.54, 1.807) is 31.1 Å². The molecule has 1 heterocycles. The van der Waals surface area contributed by atoms with Gasteiger partial charge in [-0.3, -0.25) is 10.1 Å². The number of pyridine rings is 1. The molecule has 1 aromatic heterocycles. The molecular formula is C28H26N2O5S2. The first-order valence-electron chi connectivity index (χ1n) is 11.5. The number of nitro groups is 1. The lowest BCUT2D eigenvalue weighted by Crippen LogP contribution is -2.33. The Hall–Kier alpha value is -3.53. The number of ether oxygens (including phenoxy) is 3. The lowest BCUT2D eigenvalue weighted by molar-refractivity contribution is -0.385. The zero-order chi connectivity index (χ0) is 26.1. The van der Waals surface area contributed by atoms with Crippen molar-refractivity contribution in [2.24, 2.45) is 0 Å². The number of methoxy groups -OCH3 is 2. The van der Waals surface area contributed by atoms with E-state index < -0.39 is 10.5 Å². The Labute approximate surface area is 223 Å². The predicted molar refractivity (Wildman–Crippen MR) is 147 cm³/mol. The SMILES string of the molecule is COc1ccc(C(OCCSSc2ccc([N+](=O)[O-])cn2)(c2ccccc2)c2ccc(OC)cc2)cc1. The molecule has 0 atom stereocenters. The van der Waals surface area contributed by atoms with E-state index in [4.69, 9.17) is 14.2 Å². The topological polar surface area (TPSA) is 83.7 Å². The van der Waals surface area contributed by atoms with Gasteiger partial charge in [0.15, 0.2) is 0 Å². The zero-order valence-corrected chi connectivity index (χ0v) is 22.0. The van der Waals surface area contributed by atoms with Crippen LogP contribution in [0.15, 0.2) is 102 Å². The summed E-state index contributed by atoms with van der Waals surface area (Å²) in [4.78, 5) is 14.6. The van der Waals surface area contributed by atoms with Crippen molar-refractivity contribution in [1.82, 2.24) is 4.98 Å². The van der Waals surface area contributed by atoms with Crippen molar-refractivity contribution in [2.75, 3.05) is 26.6 Å². The predicted octanol–water partition coefficient (Wildman–Crippen LogP) is 6.76. The molecule has 7 nitrogen and oxygen atoms in total. The molecule has 0 aliphatic rings. The van der Waals surface area contributed by atoms with Gasteiger partial charge in [-0.2, -0.15) is 0 Å². The van der Waals surface area contributed by atoms with Gasteiger partial charge in [0.2, 0.25) is 0 Å².